The number of hydrogen-bond donors (Lipinski definition) is 0. The van der Waals surface area contributed by atoms with Gasteiger partial charge < -0.3 is 4.90 Å². The summed E-state index contributed by atoms with van der Waals surface area (Å²) < 4.78 is 0. The average molecular weight is 390 g/mol. The Hall–Kier alpha value is -2.13. The standard InChI is InChI=1S/C26H35N3/c1-4-19-29-24(21-12-7-5-8-13-21)23-16-11-17-26(25(23)27-29,18-20-28(2)3)22-14-9-6-10-15-22/h5-10,12-15,23-24H,4,11,16-20H2,1-3H3. The molecule has 4 rings (SSSR count). The van der Waals surface area contributed by atoms with E-state index in [0.717, 1.165) is 25.9 Å². The van der Waals surface area contributed by atoms with Gasteiger partial charge in [-0.2, -0.15) is 5.10 Å². The van der Waals surface area contributed by atoms with Crippen LogP contribution in [0.15, 0.2) is 65.8 Å². The Morgan fingerprint density at radius 2 is 1.72 bits per heavy atom. The molecular formula is C26H35N3. The van der Waals surface area contributed by atoms with Gasteiger partial charge in [0.2, 0.25) is 0 Å². The first-order chi connectivity index (χ1) is 14.2. The first-order valence-electron chi connectivity index (χ1n) is 11.3. The lowest BCUT2D eigenvalue weighted by Crippen LogP contribution is -2.45. The zero-order valence-electron chi connectivity index (χ0n) is 18.2. The Labute approximate surface area is 176 Å². The van der Waals surface area contributed by atoms with Crippen LogP contribution in [0.4, 0.5) is 0 Å². The van der Waals surface area contributed by atoms with E-state index in [2.05, 4.69) is 91.6 Å². The molecule has 0 radical (unpaired) electrons. The van der Waals surface area contributed by atoms with Gasteiger partial charge in [0, 0.05) is 17.9 Å². The van der Waals surface area contributed by atoms with Gasteiger partial charge in [-0.05, 0) is 57.5 Å². The van der Waals surface area contributed by atoms with E-state index in [1.165, 1.54) is 36.1 Å². The van der Waals surface area contributed by atoms with Crippen LogP contribution in [0.1, 0.15) is 56.2 Å². The van der Waals surface area contributed by atoms with Gasteiger partial charge >= 0.3 is 0 Å². The van der Waals surface area contributed by atoms with Crippen molar-refractivity contribution in [3.8, 4) is 0 Å². The van der Waals surface area contributed by atoms with Gasteiger partial charge in [0.1, 0.15) is 0 Å². The summed E-state index contributed by atoms with van der Waals surface area (Å²) in [5.74, 6) is 0.514. The average Bonchev–Trinajstić information content (AvgIpc) is 3.12. The second-order valence-corrected chi connectivity index (χ2v) is 9.00. The van der Waals surface area contributed by atoms with E-state index >= 15 is 0 Å². The van der Waals surface area contributed by atoms with Crippen LogP contribution in [0, 0.1) is 5.92 Å². The fraction of sp³-hybridized carbons (Fsp3) is 0.500. The summed E-state index contributed by atoms with van der Waals surface area (Å²) in [5.41, 5.74) is 4.37. The van der Waals surface area contributed by atoms with Crippen LogP contribution in [0.5, 0.6) is 0 Å². The van der Waals surface area contributed by atoms with E-state index in [4.69, 9.17) is 5.10 Å². The second-order valence-electron chi connectivity index (χ2n) is 9.00. The number of rotatable bonds is 7. The largest absolute Gasteiger partial charge is 0.309 e. The van der Waals surface area contributed by atoms with Crippen molar-refractivity contribution in [1.82, 2.24) is 9.91 Å². The molecule has 154 valence electrons. The zero-order valence-corrected chi connectivity index (χ0v) is 18.2. The molecule has 1 saturated carbocycles. The predicted molar refractivity (Wildman–Crippen MR) is 122 cm³/mol. The topological polar surface area (TPSA) is 18.8 Å². The Bertz CT molecular complexity index is 814. The summed E-state index contributed by atoms with van der Waals surface area (Å²) in [5, 5.41) is 7.81. The van der Waals surface area contributed by atoms with Gasteiger partial charge in [-0.3, -0.25) is 5.01 Å². The fourth-order valence-corrected chi connectivity index (χ4v) is 5.46. The summed E-state index contributed by atoms with van der Waals surface area (Å²) in [4.78, 5) is 2.32. The normalized spacial score (nSPS) is 26.5. The SMILES string of the molecule is CCCN1N=C2C(CCCC2(CCN(C)C)c2ccccc2)C1c1ccccc1. The fourth-order valence-electron chi connectivity index (χ4n) is 5.46. The molecule has 0 aromatic heterocycles. The van der Waals surface area contributed by atoms with Gasteiger partial charge in [-0.25, -0.2) is 0 Å². The minimum Gasteiger partial charge on any atom is -0.309 e. The number of benzene rings is 2. The third-order valence-electron chi connectivity index (χ3n) is 6.80. The molecule has 2 aliphatic rings. The maximum Gasteiger partial charge on any atom is 0.0801 e. The minimum atomic E-state index is 0.0595. The Morgan fingerprint density at radius 3 is 2.38 bits per heavy atom. The molecule has 0 bridgehead atoms. The van der Waals surface area contributed by atoms with Crippen molar-refractivity contribution in [3.05, 3.63) is 71.8 Å². The van der Waals surface area contributed by atoms with Crippen molar-refractivity contribution in [2.45, 2.75) is 50.5 Å². The van der Waals surface area contributed by atoms with Gasteiger partial charge in [-0.15, -0.1) is 0 Å². The number of fused-ring (bicyclic) bond motifs is 1. The van der Waals surface area contributed by atoms with E-state index in [1.54, 1.807) is 0 Å². The van der Waals surface area contributed by atoms with Crippen LogP contribution >= 0.6 is 0 Å². The molecule has 2 aromatic carbocycles. The zero-order chi connectivity index (χ0) is 20.3. The predicted octanol–water partition coefficient (Wildman–Crippen LogP) is 5.50. The Balaban J connectivity index is 1.78. The molecule has 1 heterocycles. The first-order valence-corrected chi connectivity index (χ1v) is 11.3. The third kappa shape index (κ3) is 3.85. The van der Waals surface area contributed by atoms with Crippen molar-refractivity contribution in [2.75, 3.05) is 27.2 Å². The van der Waals surface area contributed by atoms with Crippen molar-refractivity contribution >= 4 is 5.71 Å². The van der Waals surface area contributed by atoms with Crippen molar-refractivity contribution in [3.63, 3.8) is 0 Å². The van der Waals surface area contributed by atoms with Gasteiger partial charge in [0.15, 0.2) is 0 Å². The molecule has 2 aromatic rings. The molecule has 1 fully saturated rings. The molecule has 0 N–H and O–H groups in total. The summed E-state index contributed by atoms with van der Waals surface area (Å²) in [7, 11) is 4.37. The summed E-state index contributed by atoms with van der Waals surface area (Å²) in [6.07, 6.45) is 6.00. The van der Waals surface area contributed by atoms with Crippen molar-refractivity contribution in [1.29, 1.82) is 0 Å². The van der Waals surface area contributed by atoms with Crippen LogP contribution in [0.3, 0.4) is 0 Å². The quantitative estimate of drug-likeness (QED) is 0.623. The smallest absolute Gasteiger partial charge is 0.0801 e. The molecular weight excluding hydrogens is 354 g/mol. The van der Waals surface area contributed by atoms with Crippen molar-refractivity contribution in [2.24, 2.45) is 11.0 Å². The molecule has 0 amide bonds. The highest BCUT2D eigenvalue weighted by Gasteiger charge is 2.50. The highest BCUT2D eigenvalue weighted by molar-refractivity contribution is 5.99. The van der Waals surface area contributed by atoms with Crippen LogP contribution in [0.2, 0.25) is 0 Å². The third-order valence-corrected chi connectivity index (χ3v) is 6.80. The van der Waals surface area contributed by atoms with E-state index < -0.39 is 0 Å². The second kappa shape index (κ2) is 8.71. The molecule has 1 aliphatic carbocycles. The lowest BCUT2D eigenvalue weighted by Gasteiger charge is -2.42. The summed E-state index contributed by atoms with van der Waals surface area (Å²) in [6.45, 7) is 4.38. The van der Waals surface area contributed by atoms with Gasteiger partial charge in [0.05, 0.1) is 11.8 Å². The number of hydrogen-bond acceptors (Lipinski definition) is 3. The van der Waals surface area contributed by atoms with Gasteiger partial charge in [-0.1, -0.05) is 74.0 Å². The maximum atomic E-state index is 5.40. The van der Waals surface area contributed by atoms with Crippen molar-refractivity contribution < 1.29 is 0 Å². The van der Waals surface area contributed by atoms with Crippen LogP contribution in [-0.4, -0.2) is 42.8 Å². The Kier molecular flexibility index (Phi) is 6.05. The van der Waals surface area contributed by atoms with Crippen LogP contribution in [-0.2, 0) is 5.41 Å². The highest BCUT2D eigenvalue weighted by Crippen LogP contribution is 2.51. The molecule has 3 atom stereocenters. The highest BCUT2D eigenvalue weighted by atomic mass is 15.5. The summed E-state index contributed by atoms with van der Waals surface area (Å²) in [6, 6.07) is 22.7. The lowest BCUT2D eigenvalue weighted by molar-refractivity contribution is 0.193. The monoisotopic (exact) mass is 389 g/mol. The minimum absolute atomic E-state index is 0.0595. The molecule has 1 aliphatic heterocycles. The van der Waals surface area contributed by atoms with E-state index in [-0.39, 0.29) is 5.41 Å². The molecule has 29 heavy (non-hydrogen) atoms. The number of nitrogens with zero attached hydrogens (tertiary/aromatic N) is 3. The lowest BCUT2D eigenvalue weighted by atomic mass is 9.61. The molecule has 3 nitrogen and oxygen atoms in total. The number of hydrazone groups is 1. The van der Waals surface area contributed by atoms with E-state index in [0.29, 0.717) is 12.0 Å². The molecule has 3 heteroatoms. The Morgan fingerprint density at radius 1 is 1.03 bits per heavy atom. The van der Waals surface area contributed by atoms with E-state index in [9.17, 15) is 0 Å². The van der Waals surface area contributed by atoms with E-state index in [1.807, 2.05) is 0 Å². The summed E-state index contributed by atoms with van der Waals surface area (Å²) >= 11 is 0. The molecule has 0 saturated heterocycles. The maximum absolute atomic E-state index is 5.40. The van der Waals surface area contributed by atoms with Crippen LogP contribution in [0.25, 0.3) is 0 Å². The first kappa shape index (κ1) is 20.2. The van der Waals surface area contributed by atoms with Crippen LogP contribution < -0.4 is 0 Å². The molecule has 3 unspecified atom stereocenters. The van der Waals surface area contributed by atoms with Gasteiger partial charge in [0.25, 0.3) is 0 Å². The molecule has 0 spiro atoms.